The van der Waals surface area contributed by atoms with E-state index in [2.05, 4.69) is 33.0 Å². The summed E-state index contributed by atoms with van der Waals surface area (Å²) in [7, 11) is 0. The van der Waals surface area contributed by atoms with Gasteiger partial charge in [-0.1, -0.05) is 40.5 Å². The summed E-state index contributed by atoms with van der Waals surface area (Å²) >= 11 is 0. The quantitative estimate of drug-likeness (QED) is 0.564. The number of nitrogens with two attached hydrogens (primary N) is 1. The van der Waals surface area contributed by atoms with Gasteiger partial charge in [0.25, 0.3) is 0 Å². The summed E-state index contributed by atoms with van der Waals surface area (Å²) in [5.41, 5.74) is 5.79. The highest BCUT2D eigenvalue weighted by Crippen LogP contribution is 2.13. The lowest BCUT2D eigenvalue weighted by molar-refractivity contribution is 0.373. The molecule has 2 heteroatoms. The molecule has 1 atom stereocenters. The third-order valence-corrected chi connectivity index (χ3v) is 3.46. The van der Waals surface area contributed by atoms with E-state index in [9.17, 15) is 0 Å². The SMILES string of the molecule is CCC(CC)CNCCC(CN)CC(C)C. The zero-order chi connectivity index (χ0) is 12.4. The molecule has 0 heterocycles. The summed E-state index contributed by atoms with van der Waals surface area (Å²) in [5.74, 6) is 2.32. The van der Waals surface area contributed by atoms with E-state index in [1.54, 1.807) is 0 Å². The minimum atomic E-state index is 0.703. The second-order valence-electron chi connectivity index (χ2n) is 5.41. The van der Waals surface area contributed by atoms with E-state index in [-0.39, 0.29) is 0 Å². The Balaban J connectivity index is 3.54. The maximum atomic E-state index is 5.79. The predicted molar refractivity (Wildman–Crippen MR) is 73.6 cm³/mol. The minimum absolute atomic E-state index is 0.703. The van der Waals surface area contributed by atoms with Gasteiger partial charge in [0.05, 0.1) is 0 Å². The Hall–Kier alpha value is -0.0800. The van der Waals surface area contributed by atoms with Crippen molar-refractivity contribution in [3.8, 4) is 0 Å². The number of rotatable bonds is 10. The fraction of sp³-hybridized carbons (Fsp3) is 1.00. The van der Waals surface area contributed by atoms with E-state index in [1.165, 1.54) is 32.2 Å². The van der Waals surface area contributed by atoms with Crippen LogP contribution in [0.2, 0.25) is 0 Å². The van der Waals surface area contributed by atoms with Crippen molar-refractivity contribution in [2.75, 3.05) is 19.6 Å². The average molecular weight is 228 g/mol. The second-order valence-corrected chi connectivity index (χ2v) is 5.41. The average Bonchev–Trinajstić information content (AvgIpc) is 2.27. The number of nitrogens with one attached hydrogen (secondary N) is 1. The lowest BCUT2D eigenvalue weighted by Gasteiger charge is -2.18. The van der Waals surface area contributed by atoms with E-state index in [1.807, 2.05) is 0 Å². The predicted octanol–water partition coefficient (Wildman–Crippen LogP) is 3.02. The van der Waals surface area contributed by atoms with Crippen molar-refractivity contribution in [1.82, 2.24) is 5.32 Å². The van der Waals surface area contributed by atoms with E-state index in [0.29, 0.717) is 5.92 Å². The summed E-state index contributed by atoms with van der Waals surface area (Å²) in [6.07, 6.45) is 5.07. The molecule has 1 unspecified atom stereocenters. The normalized spacial score (nSPS) is 13.7. The first kappa shape index (κ1) is 15.9. The molecule has 2 nitrogen and oxygen atoms in total. The van der Waals surface area contributed by atoms with Crippen LogP contribution in [0.25, 0.3) is 0 Å². The van der Waals surface area contributed by atoms with E-state index in [4.69, 9.17) is 5.73 Å². The molecular formula is C14H32N2. The van der Waals surface area contributed by atoms with Gasteiger partial charge in [0.2, 0.25) is 0 Å². The van der Waals surface area contributed by atoms with Crippen molar-refractivity contribution >= 4 is 0 Å². The molecule has 0 aromatic heterocycles. The summed E-state index contributed by atoms with van der Waals surface area (Å²) in [4.78, 5) is 0. The molecule has 0 saturated carbocycles. The van der Waals surface area contributed by atoms with Crippen LogP contribution in [0, 0.1) is 17.8 Å². The van der Waals surface area contributed by atoms with Crippen molar-refractivity contribution in [3.63, 3.8) is 0 Å². The Morgan fingerprint density at radius 1 is 1.06 bits per heavy atom. The summed E-state index contributed by atoms with van der Waals surface area (Å²) in [6, 6.07) is 0. The van der Waals surface area contributed by atoms with Crippen molar-refractivity contribution in [2.24, 2.45) is 23.5 Å². The van der Waals surface area contributed by atoms with Crippen molar-refractivity contribution in [2.45, 2.75) is 53.4 Å². The Bertz CT molecular complexity index is 142. The molecule has 0 spiro atoms. The van der Waals surface area contributed by atoms with Crippen molar-refractivity contribution in [3.05, 3.63) is 0 Å². The Labute approximate surface area is 102 Å². The van der Waals surface area contributed by atoms with Crippen LogP contribution in [0.4, 0.5) is 0 Å². The Kier molecular flexibility index (Phi) is 10.0. The topological polar surface area (TPSA) is 38.0 Å². The van der Waals surface area contributed by atoms with Gasteiger partial charge in [-0.3, -0.25) is 0 Å². The fourth-order valence-electron chi connectivity index (χ4n) is 2.19. The molecule has 0 radical (unpaired) electrons. The molecule has 16 heavy (non-hydrogen) atoms. The van der Waals surface area contributed by atoms with Crippen molar-refractivity contribution in [1.29, 1.82) is 0 Å². The monoisotopic (exact) mass is 228 g/mol. The van der Waals surface area contributed by atoms with Crippen LogP contribution < -0.4 is 11.1 Å². The zero-order valence-corrected chi connectivity index (χ0v) is 11.8. The van der Waals surface area contributed by atoms with Gasteiger partial charge in [-0.05, 0) is 50.2 Å². The largest absolute Gasteiger partial charge is 0.330 e. The van der Waals surface area contributed by atoms with Crippen LogP contribution in [0.15, 0.2) is 0 Å². The standard InChI is InChI=1S/C14H32N2/c1-5-13(6-2)11-16-8-7-14(10-15)9-12(3)4/h12-14,16H,5-11,15H2,1-4H3. The van der Waals surface area contributed by atoms with Gasteiger partial charge in [-0.15, -0.1) is 0 Å². The first-order valence-electron chi connectivity index (χ1n) is 7.04. The summed E-state index contributed by atoms with van der Waals surface area (Å²) in [6.45, 7) is 12.2. The minimum Gasteiger partial charge on any atom is -0.330 e. The third-order valence-electron chi connectivity index (χ3n) is 3.46. The van der Waals surface area contributed by atoms with E-state index < -0.39 is 0 Å². The lowest BCUT2D eigenvalue weighted by Crippen LogP contribution is -2.27. The van der Waals surface area contributed by atoms with E-state index >= 15 is 0 Å². The molecule has 98 valence electrons. The molecular weight excluding hydrogens is 196 g/mol. The summed E-state index contributed by atoms with van der Waals surface area (Å²) < 4.78 is 0. The van der Waals surface area contributed by atoms with Gasteiger partial charge < -0.3 is 11.1 Å². The molecule has 0 fully saturated rings. The van der Waals surface area contributed by atoms with Crippen LogP contribution in [-0.2, 0) is 0 Å². The van der Waals surface area contributed by atoms with Crippen LogP contribution >= 0.6 is 0 Å². The zero-order valence-electron chi connectivity index (χ0n) is 11.8. The number of hydrogen-bond donors (Lipinski definition) is 2. The maximum absolute atomic E-state index is 5.79. The van der Waals surface area contributed by atoms with E-state index in [0.717, 1.165) is 24.9 Å². The maximum Gasteiger partial charge on any atom is -0.00207 e. The summed E-state index contributed by atoms with van der Waals surface area (Å²) in [5, 5.41) is 3.57. The second kappa shape index (κ2) is 10.1. The van der Waals surface area contributed by atoms with Crippen LogP contribution in [0.5, 0.6) is 0 Å². The Morgan fingerprint density at radius 2 is 1.69 bits per heavy atom. The van der Waals surface area contributed by atoms with Crippen LogP contribution in [0.3, 0.4) is 0 Å². The molecule has 0 amide bonds. The lowest BCUT2D eigenvalue weighted by atomic mass is 9.94. The third kappa shape index (κ3) is 8.12. The van der Waals surface area contributed by atoms with Gasteiger partial charge in [0.15, 0.2) is 0 Å². The fourth-order valence-corrected chi connectivity index (χ4v) is 2.19. The molecule has 0 aromatic carbocycles. The molecule has 0 bridgehead atoms. The van der Waals surface area contributed by atoms with Crippen LogP contribution in [0.1, 0.15) is 53.4 Å². The highest BCUT2D eigenvalue weighted by Gasteiger charge is 2.09. The molecule has 0 aliphatic heterocycles. The molecule has 0 aliphatic carbocycles. The first-order chi connectivity index (χ1) is 7.63. The molecule has 0 saturated heterocycles. The molecule has 0 aliphatic rings. The highest BCUT2D eigenvalue weighted by atomic mass is 14.9. The van der Waals surface area contributed by atoms with Crippen LogP contribution in [-0.4, -0.2) is 19.6 Å². The molecule has 0 rings (SSSR count). The smallest absolute Gasteiger partial charge is 0.00207 e. The van der Waals surface area contributed by atoms with Gasteiger partial charge in [-0.25, -0.2) is 0 Å². The Morgan fingerprint density at radius 3 is 2.12 bits per heavy atom. The van der Waals surface area contributed by atoms with Gasteiger partial charge >= 0.3 is 0 Å². The molecule has 3 N–H and O–H groups in total. The first-order valence-corrected chi connectivity index (χ1v) is 7.04. The van der Waals surface area contributed by atoms with Crippen molar-refractivity contribution < 1.29 is 0 Å². The van der Waals surface area contributed by atoms with Gasteiger partial charge in [0, 0.05) is 0 Å². The van der Waals surface area contributed by atoms with Gasteiger partial charge in [0.1, 0.15) is 0 Å². The number of hydrogen-bond acceptors (Lipinski definition) is 2. The van der Waals surface area contributed by atoms with Gasteiger partial charge in [-0.2, -0.15) is 0 Å². The highest BCUT2D eigenvalue weighted by molar-refractivity contribution is 4.65. The molecule has 0 aromatic rings.